The van der Waals surface area contributed by atoms with Gasteiger partial charge in [-0.2, -0.15) is 0 Å². The molecule has 1 aromatic carbocycles. The van der Waals surface area contributed by atoms with Gasteiger partial charge in [0.15, 0.2) is 14.7 Å². The summed E-state index contributed by atoms with van der Waals surface area (Å²) in [5.41, 5.74) is 3.34. The van der Waals surface area contributed by atoms with Crippen molar-refractivity contribution in [3.63, 3.8) is 0 Å². The molecule has 0 amide bonds. The Hall–Kier alpha value is -1.79. The molecule has 0 atom stereocenters. The van der Waals surface area contributed by atoms with Gasteiger partial charge in [0.1, 0.15) is 0 Å². The van der Waals surface area contributed by atoms with Crippen LogP contribution in [0.4, 0.5) is 0 Å². The summed E-state index contributed by atoms with van der Waals surface area (Å²) >= 11 is 0. The lowest BCUT2D eigenvalue weighted by atomic mass is 9.95. The van der Waals surface area contributed by atoms with Crippen molar-refractivity contribution >= 4 is 20.1 Å². The van der Waals surface area contributed by atoms with Gasteiger partial charge in [0.25, 0.3) is 0 Å². The highest BCUT2D eigenvalue weighted by Crippen LogP contribution is 2.29. The van der Waals surface area contributed by atoms with Gasteiger partial charge in [0, 0.05) is 5.56 Å². The van der Waals surface area contributed by atoms with Crippen molar-refractivity contribution in [2.75, 3.05) is 0 Å². The highest BCUT2D eigenvalue weighted by atomic mass is 31.1. The van der Waals surface area contributed by atoms with Crippen LogP contribution in [0.2, 0.25) is 0 Å². The van der Waals surface area contributed by atoms with Crippen molar-refractivity contribution in [3.05, 3.63) is 54.1 Å². The van der Waals surface area contributed by atoms with Crippen LogP contribution in [-0.4, -0.2) is 6.29 Å². The fourth-order valence-electron chi connectivity index (χ4n) is 1.33. The minimum absolute atomic E-state index is 0.103. The molecule has 0 saturated heterocycles. The van der Waals surface area contributed by atoms with Crippen LogP contribution >= 0.6 is 8.46 Å². The third-order valence-corrected chi connectivity index (χ3v) is 2.98. The first kappa shape index (κ1) is 10.7. The molecule has 0 unspecified atom stereocenters. The molecule has 2 aliphatic carbocycles. The highest BCUT2D eigenvalue weighted by Gasteiger charge is 2.04. The molecule has 0 aliphatic heterocycles. The monoisotopic (exact) mass is 228 g/mol. The van der Waals surface area contributed by atoms with E-state index < -0.39 is 0 Å². The number of carbonyl (C=O) groups excluding carboxylic acids is 1. The summed E-state index contributed by atoms with van der Waals surface area (Å²) in [6, 6.07) is 15.2. The fourth-order valence-corrected chi connectivity index (χ4v) is 1.71. The number of hydrogen-bond acceptors (Lipinski definition) is 2. The summed E-state index contributed by atoms with van der Waals surface area (Å²) in [6.45, 7) is 0. The maximum Gasteiger partial charge on any atom is 0.193 e. The predicted molar refractivity (Wildman–Crippen MR) is 64.5 cm³/mol. The molecule has 0 bridgehead atoms. The second-order valence-electron chi connectivity index (χ2n) is 3.35. The molecule has 2 aliphatic rings. The first-order chi connectivity index (χ1) is 7.85. The molecule has 0 fully saturated rings. The molecule has 0 spiro atoms. The predicted octanol–water partition coefficient (Wildman–Crippen LogP) is 3.08. The van der Waals surface area contributed by atoms with Gasteiger partial charge < -0.3 is 0 Å². The Morgan fingerprint density at radius 2 is 1.44 bits per heavy atom. The lowest BCUT2D eigenvalue weighted by molar-refractivity contribution is 0.112. The van der Waals surface area contributed by atoms with Crippen LogP contribution in [0.15, 0.2) is 48.5 Å². The van der Waals surface area contributed by atoms with Crippen molar-refractivity contribution in [1.82, 2.24) is 0 Å². The minimum Gasteiger partial charge on any atom is -0.298 e. The quantitative estimate of drug-likeness (QED) is 0.499. The first-order valence-corrected chi connectivity index (χ1v) is 5.64. The Morgan fingerprint density at radius 3 is 1.75 bits per heavy atom. The zero-order chi connectivity index (χ0) is 11.4. The van der Waals surface area contributed by atoms with E-state index in [-0.39, 0.29) is 8.46 Å². The van der Waals surface area contributed by atoms with E-state index in [0.717, 1.165) is 0 Å². The summed E-state index contributed by atoms with van der Waals surface area (Å²) in [7, 11) is -0.103. The summed E-state index contributed by atoms with van der Waals surface area (Å²) in [5.74, 6) is 0. The molecule has 3 rings (SSSR count). The van der Waals surface area contributed by atoms with Gasteiger partial charge in [0.05, 0.1) is 5.30 Å². The molecule has 0 heterocycles. The van der Waals surface area contributed by atoms with Crippen molar-refractivity contribution in [3.8, 4) is 11.1 Å². The van der Waals surface area contributed by atoms with E-state index in [1.165, 1.54) is 11.1 Å². The van der Waals surface area contributed by atoms with Gasteiger partial charge in [0.2, 0.25) is 0 Å². The van der Waals surface area contributed by atoms with Crippen LogP contribution in [-0.2, 0) is 4.57 Å². The number of fused-ring (bicyclic) bond motifs is 1. The topological polar surface area (TPSA) is 34.1 Å². The van der Waals surface area contributed by atoms with Gasteiger partial charge in [-0.3, -0.25) is 9.36 Å². The van der Waals surface area contributed by atoms with E-state index in [0.29, 0.717) is 17.2 Å². The Kier molecular flexibility index (Phi) is 3.23. The average molecular weight is 228 g/mol. The molecule has 78 valence electrons. The van der Waals surface area contributed by atoms with E-state index in [1.807, 2.05) is 0 Å². The van der Waals surface area contributed by atoms with Crippen molar-refractivity contribution in [2.24, 2.45) is 0 Å². The highest BCUT2D eigenvalue weighted by molar-refractivity contribution is 7.34. The summed E-state index contributed by atoms with van der Waals surface area (Å²) < 4.78 is 10.3. The Labute approximate surface area is 95.1 Å². The Balaban J connectivity index is 0.000000134. The first-order valence-electron chi connectivity index (χ1n) is 4.83. The molecule has 2 nitrogen and oxygen atoms in total. The summed E-state index contributed by atoms with van der Waals surface area (Å²) in [6.07, 6.45) is 0.695. The van der Waals surface area contributed by atoms with Gasteiger partial charge >= 0.3 is 0 Å². The Morgan fingerprint density at radius 1 is 0.875 bits per heavy atom. The van der Waals surface area contributed by atoms with E-state index in [4.69, 9.17) is 0 Å². The molecule has 0 N–H and O–H groups in total. The van der Waals surface area contributed by atoms with Crippen LogP contribution in [0, 0.1) is 0 Å². The third kappa shape index (κ3) is 2.07. The molecule has 0 radical (unpaired) electrons. The van der Waals surface area contributed by atoms with Gasteiger partial charge in [-0.05, 0) is 17.2 Å². The Bertz CT molecular complexity index is 470. The van der Waals surface area contributed by atoms with E-state index in [9.17, 15) is 9.36 Å². The van der Waals surface area contributed by atoms with E-state index >= 15 is 0 Å². The smallest absolute Gasteiger partial charge is 0.193 e. The van der Waals surface area contributed by atoms with Gasteiger partial charge in [-0.25, -0.2) is 0 Å². The molecular formula is C13H9O2P. The number of aldehydes is 1. The molecule has 3 heteroatoms. The number of benzene rings is 2. The molecule has 1 aromatic rings. The zero-order valence-corrected chi connectivity index (χ0v) is 9.35. The van der Waals surface area contributed by atoms with Gasteiger partial charge in [-0.15, -0.1) is 0 Å². The maximum atomic E-state index is 10.3. The lowest BCUT2D eigenvalue weighted by Gasteiger charge is -2.10. The van der Waals surface area contributed by atoms with Crippen LogP contribution in [0.1, 0.15) is 10.4 Å². The van der Waals surface area contributed by atoms with Crippen molar-refractivity contribution < 1.29 is 9.36 Å². The maximum absolute atomic E-state index is 10.3. The second kappa shape index (κ2) is 4.82. The fraction of sp³-hybridized carbons (Fsp3) is 0. The molecule has 0 aromatic heterocycles. The van der Waals surface area contributed by atoms with E-state index in [1.54, 1.807) is 24.3 Å². The third-order valence-electron chi connectivity index (χ3n) is 2.38. The van der Waals surface area contributed by atoms with Crippen LogP contribution in [0.3, 0.4) is 0 Å². The lowest BCUT2D eigenvalue weighted by Crippen LogP contribution is -1.98. The van der Waals surface area contributed by atoms with Crippen molar-refractivity contribution in [2.45, 2.75) is 0 Å². The normalized spacial score (nSPS) is 10.2. The van der Waals surface area contributed by atoms with Crippen LogP contribution in [0.5, 0.6) is 0 Å². The minimum atomic E-state index is -0.103. The largest absolute Gasteiger partial charge is 0.298 e. The second-order valence-corrected chi connectivity index (χ2v) is 4.01. The molecule has 16 heavy (non-hydrogen) atoms. The number of hydrogen-bond donors (Lipinski definition) is 0. The summed E-state index contributed by atoms with van der Waals surface area (Å²) in [5, 5.41) is 0.539. The number of carbonyl (C=O) groups is 1. The van der Waals surface area contributed by atoms with Crippen LogP contribution in [0.25, 0.3) is 11.1 Å². The average Bonchev–Trinajstić information content (AvgIpc) is 2.34. The van der Waals surface area contributed by atoms with Crippen molar-refractivity contribution in [1.29, 1.82) is 0 Å². The molecule has 0 saturated carbocycles. The zero-order valence-electron chi connectivity index (χ0n) is 8.46. The summed E-state index contributed by atoms with van der Waals surface area (Å²) in [4.78, 5) is 10.2. The van der Waals surface area contributed by atoms with E-state index in [2.05, 4.69) is 24.3 Å². The SMILES string of the molecule is O=Cc1ccccc1P=O.c1cc2ccc1-2. The van der Waals surface area contributed by atoms with Gasteiger partial charge in [-0.1, -0.05) is 42.5 Å². The van der Waals surface area contributed by atoms with Crippen LogP contribution < -0.4 is 5.30 Å². The molecular weight excluding hydrogens is 219 g/mol. The standard InChI is InChI=1S/C7H5O2P.C6H4/c8-5-6-3-1-2-4-7(6)10-9;1-2-6-4-3-5(1)6/h1-5H;1-4H. The number of rotatable bonds is 2.